The molecule has 0 saturated heterocycles. The van der Waals surface area contributed by atoms with E-state index in [1.54, 1.807) is 7.11 Å². The summed E-state index contributed by atoms with van der Waals surface area (Å²) in [5, 5.41) is 12.0. The Kier molecular flexibility index (Phi) is 5.18. The number of rotatable bonds is 4. The Morgan fingerprint density at radius 1 is 1.28 bits per heavy atom. The summed E-state index contributed by atoms with van der Waals surface area (Å²) in [6.07, 6.45) is 0. The van der Waals surface area contributed by atoms with Crippen molar-refractivity contribution in [2.75, 3.05) is 7.11 Å². The van der Waals surface area contributed by atoms with Gasteiger partial charge in [-0.3, -0.25) is 5.32 Å². The van der Waals surface area contributed by atoms with E-state index in [0.29, 0.717) is 6.54 Å². The molecular weight excluding hydrogens is 292 g/mol. The quantitative estimate of drug-likeness (QED) is 0.927. The molecule has 0 aromatic heterocycles. The molecule has 3 nitrogen and oxygen atoms in total. The number of halogens is 1. The van der Waals surface area contributed by atoms with Gasteiger partial charge in [0, 0.05) is 16.6 Å². The van der Waals surface area contributed by atoms with E-state index in [-0.39, 0.29) is 6.04 Å². The van der Waals surface area contributed by atoms with Crippen LogP contribution in [-0.2, 0) is 6.54 Å². The van der Waals surface area contributed by atoms with Gasteiger partial charge in [0.15, 0.2) is 0 Å². The fourth-order valence-electron chi connectivity index (χ4n) is 1.94. The molecular formula is C14H19BrN2O. The van der Waals surface area contributed by atoms with Crippen molar-refractivity contribution in [1.29, 1.82) is 5.26 Å². The van der Waals surface area contributed by atoms with Gasteiger partial charge in [-0.05, 0) is 44.4 Å². The summed E-state index contributed by atoms with van der Waals surface area (Å²) in [5.41, 5.74) is 4.60. The Bertz CT molecular complexity index is 492. The van der Waals surface area contributed by atoms with Gasteiger partial charge in [-0.25, -0.2) is 0 Å². The zero-order valence-corrected chi connectivity index (χ0v) is 13.1. The number of methoxy groups -OCH3 is 1. The standard InChI is InChI=1S/C14H19BrN2O/c1-8(6-16)17-7-12-11(4)13(15)9(2)10(3)14(12)18-5/h8,17H,7H2,1-5H3. The third kappa shape index (κ3) is 2.85. The highest BCUT2D eigenvalue weighted by molar-refractivity contribution is 9.10. The van der Waals surface area contributed by atoms with Crippen LogP contribution in [0.3, 0.4) is 0 Å². The van der Waals surface area contributed by atoms with Crippen molar-refractivity contribution in [2.24, 2.45) is 0 Å². The van der Waals surface area contributed by atoms with Gasteiger partial charge in [0.05, 0.1) is 19.2 Å². The van der Waals surface area contributed by atoms with E-state index in [1.165, 1.54) is 5.56 Å². The predicted octanol–water partition coefficient (Wildman–Crippen LogP) is 3.38. The molecule has 0 bridgehead atoms. The second kappa shape index (κ2) is 6.21. The van der Waals surface area contributed by atoms with Crippen LogP contribution >= 0.6 is 15.9 Å². The first kappa shape index (κ1) is 15.0. The molecule has 0 aliphatic carbocycles. The Morgan fingerprint density at radius 2 is 1.89 bits per heavy atom. The molecule has 0 spiro atoms. The van der Waals surface area contributed by atoms with Gasteiger partial charge in [0.25, 0.3) is 0 Å². The van der Waals surface area contributed by atoms with Crippen LogP contribution in [0.2, 0.25) is 0 Å². The topological polar surface area (TPSA) is 45.0 Å². The van der Waals surface area contributed by atoms with Gasteiger partial charge < -0.3 is 4.74 Å². The molecule has 0 radical (unpaired) electrons. The van der Waals surface area contributed by atoms with Crippen molar-refractivity contribution >= 4 is 15.9 Å². The summed E-state index contributed by atoms with van der Waals surface area (Å²) in [4.78, 5) is 0. The molecule has 0 aliphatic rings. The van der Waals surface area contributed by atoms with Gasteiger partial charge in [0.1, 0.15) is 5.75 Å². The second-order valence-electron chi connectivity index (χ2n) is 4.43. The van der Waals surface area contributed by atoms with Crippen LogP contribution in [0.1, 0.15) is 29.2 Å². The van der Waals surface area contributed by atoms with Crippen molar-refractivity contribution in [3.05, 3.63) is 26.7 Å². The maximum Gasteiger partial charge on any atom is 0.126 e. The number of nitriles is 1. The molecule has 4 heteroatoms. The lowest BCUT2D eigenvalue weighted by atomic mass is 9.98. The Morgan fingerprint density at radius 3 is 2.39 bits per heavy atom. The van der Waals surface area contributed by atoms with Crippen molar-refractivity contribution in [3.8, 4) is 11.8 Å². The van der Waals surface area contributed by atoms with Crippen LogP contribution in [0.25, 0.3) is 0 Å². The van der Waals surface area contributed by atoms with Crippen molar-refractivity contribution < 1.29 is 4.74 Å². The monoisotopic (exact) mass is 310 g/mol. The van der Waals surface area contributed by atoms with Crippen LogP contribution in [0.5, 0.6) is 5.75 Å². The van der Waals surface area contributed by atoms with Crippen LogP contribution in [0.4, 0.5) is 0 Å². The van der Waals surface area contributed by atoms with E-state index in [4.69, 9.17) is 10.00 Å². The summed E-state index contributed by atoms with van der Waals surface area (Å²) in [5.74, 6) is 0.908. The highest BCUT2D eigenvalue weighted by Crippen LogP contribution is 2.35. The minimum absolute atomic E-state index is 0.172. The lowest BCUT2D eigenvalue weighted by Gasteiger charge is -2.19. The molecule has 1 atom stereocenters. The fraction of sp³-hybridized carbons (Fsp3) is 0.500. The van der Waals surface area contributed by atoms with Gasteiger partial charge in [0.2, 0.25) is 0 Å². The van der Waals surface area contributed by atoms with E-state index in [2.05, 4.69) is 48.1 Å². The number of benzene rings is 1. The Hall–Kier alpha value is -1.05. The van der Waals surface area contributed by atoms with Crippen molar-refractivity contribution in [3.63, 3.8) is 0 Å². The van der Waals surface area contributed by atoms with Gasteiger partial charge >= 0.3 is 0 Å². The minimum atomic E-state index is -0.172. The smallest absolute Gasteiger partial charge is 0.126 e. The Labute approximate surface area is 117 Å². The third-order valence-corrected chi connectivity index (χ3v) is 4.46. The molecule has 1 unspecified atom stereocenters. The SMILES string of the molecule is COc1c(C)c(C)c(Br)c(C)c1CNC(C)C#N. The highest BCUT2D eigenvalue weighted by atomic mass is 79.9. The number of ether oxygens (including phenoxy) is 1. The lowest BCUT2D eigenvalue weighted by Crippen LogP contribution is -2.24. The summed E-state index contributed by atoms with van der Waals surface area (Å²) in [7, 11) is 1.69. The first-order valence-corrected chi connectivity index (χ1v) is 6.68. The van der Waals surface area contributed by atoms with Crippen LogP contribution in [0.15, 0.2) is 4.47 Å². The Balaban J connectivity index is 3.22. The molecule has 1 rings (SSSR count). The van der Waals surface area contributed by atoms with Crippen LogP contribution in [-0.4, -0.2) is 13.2 Å². The van der Waals surface area contributed by atoms with Crippen molar-refractivity contribution in [2.45, 2.75) is 40.3 Å². The normalized spacial score (nSPS) is 12.1. The fourth-order valence-corrected chi connectivity index (χ4v) is 2.47. The number of hydrogen-bond donors (Lipinski definition) is 1. The maximum absolute atomic E-state index is 8.81. The minimum Gasteiger partial charge on any atom is -0.496 e. The molecule has 0 aliphatic heterocycles. The number of hydrogen-bond acceptors (Lipinski definition) is 3. The van der Waals surface area contributed by atoms with E-state index in [9.17, 15) is 0 Å². The van der Waals surface area contributed by atoms with E-state index < -0.39 is 0 Å². The van der Waals surface area contributed by atoms with E-state index in [1.807, 2.05) is 6.92 Å². The van der Waals surface area contributed by atoms with Gasteiger partial charge in [-0.1, -0.05) is 15.9 Å². The molecule has 98 valence electrons. The molecule has 18 heavy (non-hydrogen) atoms. The van der Waals surface area contributed by atoms with E-state index in [0.717, 1.165) is 26.9 Å². The number of nitrogens with zero attached hydrogens (tertiary/aromatic N) is 1. The van der Waals surface area contributed by atoms with E-state index >= 15 is 0 Å². The number of nitrogens with one attached hydrogen (secondary N) is 1. The molecule has 0 fully saturated rings. The summed E-state index contributed by atoms with van der Waals surface area (Å²) in [6.45, 7) is 8.66. The van der Waals surface area contributed by atoms with Crippen LogP contribution in [0, 0.1) is 32.1 Å². The summed E-state index contributed by atoms with van der Waals surface area (Å²) >= 11 is 3.62. The molecule has 1 aromatic rings. The van der Waals surface area contributed by atoms with Crippen LogP contribution < -0.4 is 10.1 Å². The first-order valence-electron chi connectivity index (χ1n) is 5.89. The van der Waals surface area contributed by atoms with Gasteiger partial charge in [-0.2, -0.15) is 5.26 Å². The lowest BCUT2D eigenvalue weighted by molar-refractivity contribution is 0.403. The predicted molar refractivity (Wildman–Crippen MR) is 76.8 cm³/mol. The molecule has 0 amide bonds. The summed E-state index contributed by atoms with van der Waals surface area (Å²) < 4.78 is 6.63. The third-order valence-electron chi connectivity index (χ3n) is 3.27. The maximum atomic E-state index is 8.81. The highest BCUT2D eigenvalue weighted by Gasteiger charge is 2.16. The second-order valence-corrected chi connectivity index (χ2v) is 5.23. The molecule has 1 N–H and O–H groups in total. The average molecular weight is 311 g/mol. The molecule has 1 aromatic carbocycles. The average Bonchev–Trinajstić information content (AvgIpc) is 2.38. The summed E-state index contributed by atoms with van der Waals surface area (Å²) in [6, 6.07) is 2.00. The molecule has 0 saturated carbocycles. The largest absolute Gasteiger partial charge is 0.496 e. The first-order chi connectivity index (χ1) is 8.43. The van der Waals surface area contributed by atoms with Gasteiger partial charge in [-0.15, -0.1) is 0 Å². The molecule has 0 heterocycles. The zero-order valence-electron chi connectivity index (χ0n) is 11.5. The van der Waals surface area contributed by atoms with Crippen molar-refractivity contribution in [1.82, 2.24) is 5.32 Å². The zero-order chi connectivity index (χ0) is 13.9.